The largest absolute Gasteiger partial charge is 0.497 e. The van der Waals surface area contributed by atoms with Crippen molar-refractivity contribution < 1.29 is 14.3 Å². The van der Waals surface area contributed by atoms with Gasteiger partial charge >= 0.3 is 0 Å². The van der Waals surface area contributed by atoms with Crippen LogP contribution in [0.15, 0.2) is 42.5 Å². The van der Waals surface area contributed by atoms with Gasteiger partial charge in [-0.1, -0.05) is 0 Å². The molecule has 1 aliphatic rings. The standard InChI is InChI=1S/C22H27N3O3S/c1-15-6-4-5-13-25(15)17-9-7-16(8-10-17)23-22(29)24-21(26)19-12-11-18(27-2)14-20(19)28-3/h7-12,14-15H,4-6,13H2,1-3H3,(H2,23,24,26,29)/t15-/m1/s1. The van der Waals surface area contributed by atoms with Crippen molar-refractivity contribution >= 4 is 34.6 Å². The molecule has 1 saturated heterocycles. The molecule has 1 heterocycles. The van der Waals surface area contributed by atoms with Crippen LogP contribution < -0.4 is 25.0 Å². The second kappa shape index (κ2) is 9.60. The molecule has 1 fully saturated rings. The molecule has 2 N–H and O–H groups in total. The average Bonchev–Trinajstić information content (AvgIpc) is 2.74. The zero-order chi connectivity index (χ0) is 20.8. The summed E-state index contributed by atoms with van der Waals surface area (Å²) >= 11 is 5.30. The first-order valence-corrected chi connectivity index (χ1v) is 10.1. The maximum atomic E-state index is 12.6. The predicted octanol–water partition coefficient (Wildman–Crippen LogP) is 4.21. The lowest BCUT2D eigenvalue weighted by atomic mass is 10.0. The van der Waals surface area contributed by atoms with Crippen LogP contribution in [0.25, 0.3) is 0 Å². The summed E-state index contributed by atoms with van der Waals surface area (Å²) in [5, 5.41) is 5.98. The molecule has 154 valence electrons. The van der Waals surface area contributed by atoms with Crippen molar-refractivity contribution in [2.45, 2.75) is 32.2 Å². The zero-order valence-corrected chi connectivity index (χ0v) is 17.8. The summed E-state index contributed by atoms with van der Waals surface area (Å²) in [6.07, 6.45) is 3.75. The summed E-state index contributed by atoms with van der Waals surface area (Å²) in [7, 11) is 3.07. The minimum absolute atomic E-state index is 0.229. The predicted molar refractivity (Wildman–Crippen MR) is 120 cm³/mol. The third-order valence-corrected chi connectivity index (χ3v) is 5.34. The quantitative estimate of drug-likeness (QED) is 0.716. The molecule has 0 radical (unpaired) electrons. The molecule has 0 aromatic heterocycles. The maximum absolute atomic E-state index is 12.6. The van der Waals surface area contributed by atoms with Crippen LogP contribution in [-0.2, 0) is 0 Å². The highest BCUT2D eigenvalue weighted by Gasteiger charge is 2.18. The van der Waals surface area contributed by atoms with Gasteiger partial charge in [-0.25, -0.2) is 0 Å². The highest BCUT2D eigenvalue weighted by molar-refractivity contribution is 7.80. The van der Waals surface area contributed by atoms with Crippen molar-refractivity contribution in [3.05, 3.63) is 48.0 Å². The van der Waals surface area contributed by atoms with Gasteiger partial charge in [0.1, 0.15) is 11.5 Å². The van der Waals surface area contributed by atoms with E-state index in [0.29, 0.717) is 23.1 Å². The fourth-order valence-corrected chi connectivity index (χ4v) is 3.75. The van der Waals surface area contributed by atoms with Gasteiger partial charge < -0.3 is 19.7 Å². The third kappa shape index (κ3) is 5.17. The Morgan fingerprint density at radius 2 is 1.86 bits per heavy atom. The van der Waals surface area contributed by atoms with E-state index in [1.54, 1.807) is 25.3 Å². The van der Waals surface area contributed by atoms with Gasteiger partial charge in [-0.05, 0) is 74.8 Å². The number of anilines is 2. The van der Waals surface area contributed by atoms with Gasteiger partial charge in [-0.15, -0.1) is 0 Å². The molecule has 0 bridgehead atoms. The summed E-state index contributed by atoms with van der Waals surface area (Å²) in [5.74, 6) is 0.688. The minimum atomic E-state index is -0.347. The van der Waals surface area contributed by atoms with E-state index in [1.807, 2.05) is 12.1 Å². The second-order valence-electron chi connectivity index (χ2n) is 7.06. The van der Waals surface area contributed by atoms with Crippen LogP contribution in [0.2, 0.25) is 0 Å². The Bertz CT molecular complexity index is 870. The van der Waals surface area contributed by atoms with Gasteiger partial charge in [0.25, 0.3) is 5.91 Å². The Balaban J connectivity index is 1.61. The monoisotopic (exact) mass is 413 g/mol. The molecule has 6 nitrogen and oxygen atoms in total. The second-order valence-corrected chi connectivity index (χ2v) is 7.47. The van der Waals surface area contributed by atoms with Crippen LogP contribution in [0.4, 0.5) is 11.4 Å². The Labute approximate surface area is 177 Å². The average molecular weight is 414 g/mol. The summed E-state index contributed by atoms with van der Waals surface area (Å²) < 4.78 is 10.4. The highest BCUT2D eigenvalue weighted by Crippen LogP contribution is 2.26. The molecule has 1 aliphatic heterocycles. The van der Waals surface area contributed by atoms with Gasteiger partial charge in [0.15, 0.2) is 5.11 Å². The van der Waals surface area contributed by atoms with Crippen molar-refractivity contribution in [1.29, 1.82) is 0 Å². The molecule has 1 amide bonds. The van der Waals surface area contributed by atoms with E-state index in [0.717, 1.165) is 12.2 Å². The SMILES string of the molecule is COc1ccc(C(=O)NC(=S)Nc2ccc(N3CCCC[C@H]3C)cc2)c(OC)c1. The third-order valence-electron chi connectivity index (χ3n) is 5.14. The molecule has 29 heavy (non-hydrogen) atoms. The normalized spacial score (nSPS) is 16.1. The Kier molecular flexibility index (Phi) is 6.93. The van der Waals surface area contributed by atoms with E-state index in [2.05, 4.69) is 34.6 Å². The number of nitrogens with zero attached hydrogens (tertiary/aromatic N) is 1. The molecule has 0 spiro atoms. The van der Waals surface area contributed by atoms with Crippen LogP contribution in [0.5, 0.6) is 11.5 Å². The number of thiocarbonyl (C=S) groups is 1. The van der Waals surface area contributed by atoms with Crippen molar-refractivity contribution in [2.75, 3.05) is 31.0 Å². The summed E-state index contributed by atoms with van der Waals surface area (Å²) in [6.45, 7) is 3.36. The van der Waals surface area contributed by atoms with Crippen LogP contribution in [0, 0.1) is 0 Å². The van der Waals surface area contributed by atoms with E-state index in [4.69, 9.17) is 21.7 Å². The van der Waals surface area contributed by atoms with Crippen LogP contribution in [0.3, 0.4) is 0 Å². The first kappa shape index (κ1) is 20.9. The first-order valence-electron chi connectivity index (χ1n) is 9.73. The maximum Gasteiger partial charge on any atom is 0.261 e. The summed E-state index contributed by atoms with van der Waals surface area (Å²) in [4.78, 5) is 15.0. The minimum Gasteiger partial charge on any atom is -0.497 e. The number of piperidine rings is 1. The molecule has 0 saturated carbocycles. The van der Waals surface area contributed by atoms with Gasteiger partial charge in [-0.2, -0.15) is 0 Å². The highest BCUT2D eigenvalue weighted by atomic mass is 32.1. The lowest BCUT2D eigenvalue weighted by molar-refractivity contribution is 0.0974. The van der Waals surface area contributed by atoms with Crippen molar-refractivity contribution in [1.82, 2.24) is 5.32 Å². The fourth-order valence-electron chi connectivity index (χ4n) is 3.54. The number of ether oxygens (including phenoxy) is 2. The first-order chi connectivity index (χ1) is 14.0. The van der Waals surface area contributed by atoms with Gasteiger partial charge in [0, 0.05) is 30.0 Å². The molecular formula is C22H27N3O3S. The molecule has 3 rings (SSSR count). The van der Waals surface area contributed by atoms with E-state index in [9.17, 15) is 4.79 Å². The van der Waals surface area contributed by atoms with Crippen molar-refractivity contribution in [3.8, 4) is 11.5 Å². The fraction of sp³-hybridized carbons (Fsp3) is 0.364. The molecule has 0 aliphatic carbocycles. The summed E-state index contributed by atoms with van der Waals surface area (Å²) in [5.41, 5.74) is 2.41. The molecule has 2 aromatic rings. The van der Waals surface area contributed by atoms with Crippen LogP contribution >= 0.6 is 12.2 Å². The number of hydrogen-bond acceptors (Lipinski definition) is 5. The Morgan fingerprint density at radius 3 is 2.52 bits per heavy atom. The molecule has 0 unspecified atom stereocenters. The number of carbonyl (C=O) groups is 1. The van der Waals surface area contributed by atoms with Gasteiger partial charge in [0.05, 0.1) is 19.8 Å². The lowest BCUT2D eigenvalue weighted by Crippen LogP contribution is -2.37. The lowest BCUT2D eigenvalue weighted by Gasteiger charge is -2.35. The molecule has 1 atom stereocenters. The number of hydrogen-bond donors (Lipinski definition) is 2. The molecule has 2 aromatic carbocycles. The van der Waals surface area contributed by atoms with E-state index in [1.165, 1.54) is 32.1 Å². The smallest absolute Gasteiger partial charge is 0.261 e. The van der Waals surface area contributed by atoms with E-state index >= 15 is 0 Å². The Hall–Kier alpha value is -2.80. The number of nitrogens with one attached hydrogen (secondary N) is 2. The van der Waals surface area contributed by atoms with Crippen molar-refractivity contribution in [3.63, 3.8) is 0 Å². The van der Waals surface area contributed by atoms with E-state index < -0.39 is 0 Å². The Morgan fingerprint density at radius 1 is 1.10 bits per heavy atom. The number of carbonyl (C=O) groups excluding carboxylic acids is 1. The number of benzene rings is 2. The van der Waals surface area contributed by atoms with Gasteiger partial charge in [0.2, 0.25) is 0 Å². The van der Waals surface area contributed by atoms with Crippen LogP contribution in [0.1, 0.15) is 36.5 Å². The molecular weight excluding hydrogens is 386 g/mol. The number of rotatable bonds is 5. The number of amides is 1. The molecule has 7 heteroatoms. The van der Waals surface area contributed by atoms with E-state index in [-0.39, 0.29) is 11.0 Å². The summed E-state index contributed by atoms with van der Waals surface area (Å²) in [6, 6.07) is 13.7. The number of methoxy groups -OCH3 is 2. The van der Waals surface area contributed by atoms with Gasteiger partial charge in [-0.3, -0.25) is 10.1 Å². The van der Waals surface area contributed by atoms with Crippen LogP contribution in [-0.4, -0.2) is 37.8 Å². The zero-order valence-electron chi connectivity index (χ0n) is 17.0. The topological polar surface area (TPSA) is 62.8 Å². The van der Waals surface area contributed by atoms with Crippen molar-refractivity contribution in [2.24, 2.45) is 0 Å².